The van der Waals surface area contributed by atoms with Crippen molar-refractivity contribution in [2.75, 3.05) is 6.61 Å². The van der Waals surface area contributed by atoms with E-state index in [2.05, 4.69) is 10.3 Å². The van der Waals surface area contributed by atoms with Gasteiger partial charge >= 0.3 is 0 Å². The van der Waals surface area contributed by atoms with E-state index in [-0.39, 0.29) is 11.9 Å². The van der Waals surface area contributed by atoms with Gasteiger partial charge in [-0.3, -0.25) is 4.79 Å². The van der Waals surface area contributed by atoms with Crippen LogP contribution in [0.5, 0.6) is 17.4 Å². The number of amides is 1. The second-order valence-corrected chi connectivity index (χ2v) is 7.08. The van der Waals surface area contributed by atoms with Crippen LogP contribution in [-0.4, -0.2) is 23.5 Å². The summed E-state index contributed by atoms with van der Waals surface area (Å²) in [5, 5.41) is 3.24. The number of rotatable bonds is 8. The van der Waals surface area contributed by atoms with Crippen molar-refractivity contribution in [1.29, 1.82) is 0 Å². The Morgan fingerprint density at radius 3 is 2.78 bits per heavy atom. The molecule has 0 bridgehead atoms. The molecule has 142 valence electrons. The molecule has 1 atom stereocenters. The second-order valence-electron chi connectivity index (χ2n) is 6.70. The maximum Gasteiger partial charge on any atom is 0.219 e. The first kappa shape index (κ1) is 19.2. The number of ether oxygens (including phenoxy) is 2. The van der Waals surface area contributed by atoms with Crippen molar-refractivity contribution in [1.82, 2.24) is 10.3 Å². The molecule has 1 saturated carbocycles. The van der Waals surface area contributed by atoms with Crippen molar-refractivity contribution in [2.45, 2.75) is 32.7 Å². The lowest BCUT2D eigenvalue weighted by Crippen LogP contribution is -2.28. The molecule has 5 nitrogen and oxygen atoms in total. The van der Waals surface area contributed by atoms with Crippen molar-refractivity contribution >= 4 is 23.6 Å². The number of aromatic nitrogens is 1. The van der Waals surface area contributed by atoms with Gasteiger partial charge in [-0.15, -0.1) is 0 Å². The van der Waals surface area contributed by atoms with Gasteiger partial charge in [0.25, 0.3) is 0 Å². The predicted octanol–water partition coefficient (Wildman–Crippen LogP) is 4.85. The van der Waals surface area contributed by atoms with E-state index in [1.54, 1.807) is 18.3 Å². The summed E-state index contributed by atoms with van der Waals surface area (Å²) >= 11 is 6.40. The Morgan fingerprint density at radius 2 is 2.11 bits per heavy atom. The number of pyridine rings is 1. The molecular formula is C21H23ClN2O3. The van der Waals surface area contributed by atoms with E-state index in [0.717, 1.165) is 5.56 Å². The van der Waals surface area contributed by atoms with Crippen LogP contribution in [0.4, 0.5) is 0 Å². The summed E-state index contributed by atoms with van der Waals surface area (Å²) < 4.78 is 11.6. The highest BCUT2D eigenvalue weighted by Crippen LogP contribution is 2.37. The first-order valence-electron chi connectivity index (χ1n) is 9.02. The molecule has 27 heavy (non-hydrogen) atoms. The van der Waals surface area contributed by atoms with E-state index >= 15 is 0 Å². The molecule has 1 aliphatic rings. The smallest absolute Gasteiger partial charge is 0.219 e. The summed E-state index contributed by atoms with van der Waals surface area (Å²) in [7, 11) is 0. The minimum Gasteiger partial charge on any atom is -0.492 e. The van der Waals surface area contributed by atoms with Gasteiger partial charge < -0.3 is 14.8 Å². The third-order valence-corrected chi connectivity index (χ3v) is 4.45. The number of nitrogens with one attached hydrogen (secondary N) is 1. The van der Waals surface area contributed by atoms with E-state index in [1.807, 2.05) is 37.3 Å². The van der Waals surface area contributed by atoms with Crippen molar-refractivity contribution in [3.8, 4) is 17.4 Å². The average molecular weight is 387 g/mol. The number of carbonyl (C=O) groups is 1. The minimum absolute atomic E-state index is 0.0457. The lowest BCUT2D eigenvalue weighted by molar-refractivity contribution is -0.119. The Balaban J connectivity index is 1.61. The molecule has 0 unspecified atom stereocenters. The molecule has 0 saturated heterocycles. The van der Waals surface area contributed by atoms with E-state index in [1.165, 1.54) is 19.8 Å². The summed E-state index contributed by atoms with van der Waals surface area (Å²) in [5.41, 5.74) is 0.909. The van der Waals surface area contributed by atoms with Gasteiger partial charge in [-0.1, -0.05) is 29.8 Å². The standard InChI is InChI=1S/C21H23ClN2O3/c1-14(24-15(2)25)6-7-16-10-11-20(23-12-16)27-19-5-3-4-18(21(19)22)26-13-17-8-9-17/h3-7,10-12,14,17H,8-9,13H2,1-2H3,(H,24,25)/t14-/m0/s1. The molecule has 3 rings (SSSR count). The van der Waals surface area contributed by atoms with Crippen LogP contribution in [0.3, 0.4) is 0 Å². The third-order valence-electron chi connectivity index (χ3n) is 4.08. The fraction of sp³-hybridized carbons (Fsp3) is 0.333. The SMILES string of the molecule is CC(=O)N[C@@H](C)C=Cc1ccc(Oc2cccc(OCC3CC3)c2Cl)nc1. The maximum atomic E-state index is 11.0. The highest BCUT2D eigenvalue weighted by atomic mass is 35.5. The number of benzene rings is 1. The molecule has 1 aliphatic carbocycles. The van der Waals surface area contributed by atoms with Crippen LogP contribution in [-0.2, 0) is 4.79 Å². The Bertz CT molecular complexity index is 817. The van der Waals surface area contributed by atoms with Crippen LogP contribution in [0, 0.1) is 5.92 Å². The Hall–Kier alpha value is -2.53. The first-order valence-corrected chi connectivity index (χ1v) is 9.39. The fourth-order valence-corrected chi connectivity index (χ4v) is 2.68. The normalized spacial score (nSPS) is 14.8. The number of carbonyl (C=O) groups excluding carboxylic acids is 1. The molecule has 1 fully saturated rings. The molecule has 1 aromatic heterocycles. The van der Waals surface area contributed by atoms with Gasteiger partial charge in [0.15, 0.2) is 5.75 Å². The van der Waals surface area contributed by atoms with Gasteiger partial charge in [-0.2, -0.15) is 0 Å². The number of hydrogen-bond donors (Lipinski definition) is 1. The monoisotopic (exact) mass is 386 g/mol. The molecule has 0 radical (unpaired) electrons. The van der Waals surface area contributed by atoms with Gasteiger partial charge in [0.1, 0.15) is 10.8 Å². The number of hydrogen-bond acceptors (Lipinski definition) is 4. The van der Waals surface area contributed by atoms with Crippen LogP contribution in [0.2, 0.25) is 5.02 Å². The van der Waals surface area contributed by atoms with Crippen molar-refractivity contribution in [3.05, 3.63) is 53.2 Å². The average Bonchev–Trinajstić information content (AvgIpc) is 3.46. The summed E-state index contributed by atoms with van der Waals surface area (Å²) in [4.78, 5) is 15.3. The summed E-state index contributed by atoms with van der Waals surface area (Å²) in [6.07, 6.45) is 7.95. The van der Waals surface area contributed by atoms with Gasteiger partial charge in [0, 0.05) is 25.2 Å². The molecule has 0 spiro atoms. The number of nitrogens with zero attached hydrogens (tertiary/aromatic N) is 1. The fourth-order valence-electron chi connectivity index (χ4n) is 2.46. The Kier molecular flexibility index (Phi) is 6.35. The predicted molar refractivity (Wildman–Crippen MR) is 106 cm³/mol. The van der Waals surface area contributed by atoms with Crippen LogP contribution < -0.4 is 14.8 Å². The van der Waals surface area contributed by atoms with Crippen LogP contribution in [0.1, 0.15) is 32.3 Å². The maximum absolute atomic E-state index is 11.0. The lowest BCUT2D eigenvalue weighted by atomic mass is 10.2. The van der Waals surface area contributed by atoms with E-state index in [0.29, 0.717) is 34.9 Å². The molecule has 2 aromatic rings. The van der Waals surface area contributed by atoms with Gasteiger partial charge in [-0.05, 0) is 49.4 Å². The van der Waals surface area contributed by atoms with Crippen LogP contribution in [0.25, 0.3) is 6.08 Å². The van der Waals surface area contributed by atoms with Gasteiger partial charge in [0.05, 0.1) is 6.61 Å². The van der Waals surface area contributed by atoms with E-state index < -0.39 is 0 Å². The van der Waals surface area contributed by atoms with E-state index in [4.69, 9.17) is 21.1 Å². The molecule has 1 heterocycles. The Labute approximate surface area is 164 Å². The second kappa shape index (κ2) is 8.91. The number of halogens is 1. The molecule has 6 heteroatoms. The van der Waals surface area contributed by atoms with Gasteiger partial charge in [0.2, 0.25) is 11.8 Å². The third kappa shape index (κ3) is 6.00. The van der Waals surface area contributed by atoms with Crippen LogP contribution in [0.15, 0.2) is 42.6 Å². The zero-order valence-electron chi connectivity index (χ0n) is 15.4. The van der Waals surface area contributed by atoms with Crippen LogP contribution >= 0.6 is 11.6 Å². The molecule has 0 aliphatic heterocycles. The largest absolute Gasteiger partial charge is 0.492 e. The highest BCUT2D eigenvalue weighted by Gasteiger charge is 2.22. The summed E-state index contributed by atoms with van der Waals surface area (Å²) in [5.74, 6) is 2.19. The minimum atomic E-state index is -0.0609. The van der Waals surface area contributed by atoms with Crippen molar-refractivity contribution in [3.63, 3.8) is 0 Å². The van der Waals surface area contributed by atoms with E-state index in [9.17, 15) is 4.79 Å². The molecular weight excluding hydrogens is 364 g/mol. The molecule has 1 N–H and O–H groups in total. The molecule has 1 amide bonds. The van der Waals surface area contributed by atoms with Gasteiger partial charge in [-0.25, -0.2) is 4.98 Å². The topological polar surface area (TPSA) is 60.5 Å². The zero-order chi connectivity index (χ0) is 19.2. The zero-order valence-corrected chi connectivity index (χ0v) is 16.2. The van der Waals surface area contributed by atoms with Crippen molar-refractivity contribution < 1.29 is 14.3 Å². The van der Waals surface area contributed by atoms with Crippen molar-refractivity contribution in [2.24, 2.45) is 5.92 Å². The Morgan fingerprint density at radius 1 is 1.33 bits per heavy atom. The lowest BCUT2D eigenvalue weighted by Gasteiger charge is -2.11. The highest BCUT2D eigenvalue weighted by molar-refractivity contribution is 6.33. The summed E-state index contributed by atoms with van der Waals surface area (Å²) in [6, 6.07) is 9.10. The first-order chi connectivity index (χ1) is 13.0. The molecule has 1 aromatic carbocycles. The quantitative estimate of drug-likeness (QED) is 0.704. The summed E-state index contributed by atoms with van der Waals surface area (Å²) in [6.45, 7) is 4.09.